The number of carboxylic acid groups (broad SMARTS) is 1. The molecular formula is C15H20N2O4. The van der Waals surface area contributed by atoms with Gasteiger partial charge >= 0.3 is 5.97 Å². The number of ether oxygens (including phenoxy) is 1. The second-order valence-electron chi connectivity index (χ2n) is 5.79. The monoisotopic (exact) mass is 292 g/mol. The fourth-order valence-corrected chi connectivity index (χ4v) is 3.31. The van der Waals surface area contributed by atoms with Crippen molar-refractivity contribution in [2.24, 2.45) is 0 Å². The number of hydrogen-bond donors (Lipinski definition) is 1. The molecule has 3 heterocycles. The number of amides is 1. The summed E-state index contributed by atoms with van der Waals surface area (Å²) in [6.45, 7) is 5.48. The highest BCUT2D eigenvalue weighted by Gasteiger charge is 2.39. The van der Waals surface area contributed by atoms with E-state index in [2.05, 4.69) is 23.6 Å². The Morgan fingerprint density at radius 1 is 1.24 bits per heavy atom. The second kappa shape index (κ2) is 5.18. The first-order valence-electron chi connectivity index (χ1n) is 7.34. The Bertz CT molecular complexity index is 580. The van der Waals surface area contributed by atoms with Crippen LogP contribution in [0, 0.1) is 6.92 Å². The lowest BCUT2D eigenvalue weighted by Gasteiger charge is -2.36. The summed E-state index contributed by atoms with van der Waals surface area (Å²) in [7, 11) is 0. The van der Waals surface area contributed by atoms with Crippen molar-refractivity contribution in [1.29, 1.82) is 0 Å². The number of carbonyl (C=O) groups is 2. The molecule has 1 aromatic rings. The van der Waals surface area contributed by atoms with Gasteiger partial charge in [0.25, 0.3) is 5.91 Å². The molecule has 6 heteroatoms. The number of aryl methyl sites for hydroxylation is 1. The maximum absolute atomic E-state index is 12.6. The average molecular weight is 292 g/mol. The maximum Gasteiger partial charge on any atom is 0.332 e. The van der Waals surface area contributed by atoms with E-state index < -0.39 is 18.2 Å². The lowest BCUT2D eigenvalue weighted by molar-refractivity contribution is -0.156. The topological polar surface area (TPSA) is 71.8 Å². The van der Waals surface area contributed by atoms with Crippen LogP contribution in [-0.4, -0.2) is 45.2 Å². The summed E-state index contributed by atoms with van der Waals surface area (Å²) in [4.78, 5) is 25.3. The standard InChI is InChI=1S/C15H20N2O4/c1-9-3-4-11-10(2)17(8-7-16(9)11)14(18)12-5-6-13(21-12)15(19)20/h3-4,10,12-13H,5-8H2,1-2H3,(H,19,20). The van der Waals surface area contributed by atoms with Crippen molar-refractivity contribution in [2.45, 2.75) is 51.5 Å². The Kier molecular flexibility index (Phi) is 3.49. The van der Waals surface area contributed by atoms with E-state index in [1.807, 2.05) is 11.8 Å². The lowest BCUT2D eigenvalue weighted by Crippen LogP contribution is -2.46. The first-order chi connectivity index (χ1) is 9.99. The Hall–Kier alpha value is -1.82. The number of rotatable bonds is 2. The first kappa shape index (κ1) is 14.1. The number of carbonyl (C=O) groups excluding carboxylic acids is 1. The van der Waals surface area contributed by atoms with Crippen LogP contribution >= 0.6 is 0 Å². The summed E-state index contributed by atoms with van der Waals surface area (Å²) in [5.41, 5.74) is 2.33. The molecule has 3 atom stereocenters. The van der Waals surface area contributed by atoms with Crippen molar-refractivity contribution < 1.29 is 19.4 Å². The van der Waals surface area contributed by atoms with Gasteiger partial charge in [-0.3, -0.25) is 4.79 Å². The van der Waals surface area contributed by atoms with Gasteiger partial charge in [0.15, 0.2) is 6.10 Å². The van der Waals surface area contributed by atoms with E-state index in [0.29, 0.717) is 19.4 Å². The summed E-state index contributed by atoms with van der Waals surface area (Å²) in [5, 5.41) is 8.95. The Balaban J connectivity index is 1.73. The number of fused-ring (bicyclic) bond motifs is 1. The molecule has 2 aliphatic rings. The molecule has 1 saturated heterocycles. The number of carboxylic acids is 1. The molecule has 0 aromatic carbocycles. The minimum atomic E-state index is -0.985. The third-order valence-corrected chi connectivity index (χ3v) is 4.55. The Morgan fingerprint density at radius 2 is 1.95 bits per heavy atom. The van der Waals surface area contributed by atoms with Gasteiger partial charge in [0.05, 0.1) is 6.04 Å². The highest BCUT2D eigenvalue weighted by atomic mass is 16.5. The van der Waals surface area contributed by atoms with Gasteiger partial charge in [-0.05, 0) is 38.8 Å². The summed E-state index contributed by atoms with van der Waals surface area (Å²) in [6.07, 6.45) is -0.566. The van der Waals surface area contributed by atoms with Crippen LogP contribution in [0.5, 0.6) is 0 Å². The van der Waals surface area contributed by atoms with E-state index >= 15 is 0 Å². The molecule has 0 aliphatic carbocycles. The molecule has 3 unspecified atom stereocenters. The molecule has 3 rings (SSSR count). The highest BCUT2D eigenvalue weighted by molar-refractivity contribution is 5.83. The smallest absolute Gasteiger partial charge is 0.332 e. The molecule has 114 valence electrons. The molecule has 21 heavy (non-hydrogen) atoms. The molecule has 2 aliphatic heterocycles. The number of hydrogen-bond acceptors (Lipinski definition) is 3. The zero-order valence-corrected chi connectivity index (χ0v) is 12.3. The van der Waals surface area contributed by atoms with Gasteiger partial charge in [-0.1, -0.05) is 0 Å². The van der Waals surface area contributed by atoms with Crippen LogP contribution in [0.1, 0.15) is 37.2 Å². The SMILES string of the molecule is Cc1ccc2n1CCN(C(=O)C1CCC(C(=O)O)O1)C2C. The van der Waals surface area contributed by atoms with Gasteiger partial charge in [0, 0.05) is 24.5 Å². The van der Waals surface area contributed by atoms with E-state index in [0.717, 1.165) is 12.2 Å². The van der Waals surface area contributed by atoms with E-state index in [-0.39, 0.29) is 11.9 Å². The van der Waals surface area contributed by atoms with Gasteiger partial charge in [-0.2, -0.15) is 0 Å². The minimum Gasteiger partial charge on any atom is -0.479 e. The van der Waals surface area contributed by atoms with Crippen molar-refractivity contribution in [1.82, 2.24) is 9.47 Å². The van der Waals surface area contributed by atoms with Crippen molar-refractivity contribution in [3.05, 3.63) is 23.5 Å². The van der Waals surface area contributed by atoms with Crippen molar-refractivity contribution in [2.75, 3.05) is 6.54 Å². The molecule has 1 fully saturated rings. The summed E-state index contributed by atoms with van der Waals surface area (Å²) < 4.78 is 7.61. The highest BCUT2D eigenvalue weighted by Crippen LogP contribution is 2.30. The van der Waals surface area contributed by atoms with E-state index in [1.165, 1.54) is 5.69 Å². The third-order valence-electron chi connectivity index (χ3n) is 4.55. The van der Waals surface area contributed by atoms with Crippen molar-refractivity contribution in [3.63, 3.8) is 0 Å². The first-order valence-corrected chi connectivity index (χ1v) is 7.34. The van der Waals surface area contributed by atoms with E-state index in [9.17, 15) is 9.59 Å². The molecule has 6 nitrogen and oxygen atoms in total. The zero-order valence-electron chi connectivity index (χ0n) is 12.3. The van der Waals surface area contributed by atoms with Crippen LogP contribution in [-0.2, 0) is 20.9 Å². The van der Waals surface area contributed by atoms with Gasteiger partial charge in [0.2, 0.25) is 0 Å². The molecule has 1 N–H and O–H groups in total. The predicted octanol–water partition coefficient (Wildman–Crippen LogP) is 1.33. The molecule has 0 bridgehead atoms. The Labute approximate surface area is 123 Å². The molecular weight excluding hydrogens is 272 g/mol. The lowest BCUT2D eigenvalue weighted by atomic mass is 10.1. The van der Waals surface area contributed by atoms with E-state index in [1.54, 1.807) is 0 Å². The number of nitrogens with zero attached hydrogens (tertiary/aromatic N) is 2. The largest absolute Gasteiger partial charge is 0.479 e. The Morgan fingerprint density at radius 3 is 2.62 bits per heavy atom. The van der Waals surface area contributed by atoms with Crippen molar-refractivity contribution >= 4 is 11.9 Å². The molecule has 0 spiro atoms. The van der Waals surface area contributed by atoms with Crippen LogP contribution in [0.4, 0.5) is 0 Å². The molecule has 1 amide bonds. The maximum atomic E-state index is 12.6. The van der Waals surface area contributed by atoms with Crippen LogP contribution in [0.15, 0.2) is 12.1 Å². The molecule has 0 radical (unpaired) electrons. The van der Waals surface area contributed by atoms with Gasteiger partial charge in [-0.15, -0.1) is 0 Å². The number of aliphatic carboxylic acids is 1. The van der Waals surface area contributed by atoms with Crippen LogP contribution in [0.3, 0.4) is 0 Å². The average Bonchev–Trinajstić information content (AvgIpc) is 3.06. The fraction of sp³-hybridized carbons (Fsp3) is 0.600. The number of aromatic nitrogens is 1. The van der Waals surface area contributed by atoms with Crippen molar-refractivity contribution in [3.8, 4) is 0 Å². The molecule has 0 saturated carbocycles. The van der Waals surface area contributed by atoms with Gasteiger partial charge < -0.3 is 19.3 Å². The van der Waals surface area contributed by atoms with Crippen LogP contribution < -0.4 is 0 Å². The summed E-state index contributed by atoms with van der Waals surface area (Å²) in [5.74, 6) is -1.07. The second-order valence-corrected chi connectivity index (χ2v) is 5.79. The zero-order chi connectivity index (χ0) is 15.1. The van der Waals surface area contributed by atoms with Gasteiger partial charge in [-0.25, -0.2) is 4.79 Å². The third kappa shape index (κ3) is 2.33. The summed E-state index contributed by atoms with van der Waals surface area (Å²) >= 11 is 0. The van der Waals surface area contributed by atoms with Crippen LogP contribution in [0.25, 0.3) is 0 Å². The van der Waals surface area contributed by atoms with Crippen LogP contribution in [0.2, 0.25) is 0 Å². The quantitative estimate of drug-likeness (QED) is 0.892. The van der Waals surface area contributed by atoms with Gasteiger partial charge in [0.1, 0.15) is 6.10 Å². The predicted molar refractivity (Wildman–Crippen MR) is 74.8 cm³/mol. The fourth-order valence-electron chi connectivity index (χ4n) is 3.31. The molecule has 1 aromatic heterocycles. The normalized spacial score (nSPS) is 28.5. The van der Waals surface area contributed by atoms with E-state index in [4.69, 9.17) is 9.84 Å². The minimum absolute atomic E-state index is 0.00701. The summed E-state index contributed by atoms with van der Waals surface area (Å²) in [6, 6.07) is 4.11.